The first-order valence-corrected chi connectivity index (χ1v) is 5.83. The molecule has 92 valence electrons. The first kappa shape index (κ1) is 10.8. The quantitative estimate of drug-likeness (QED) is 0.844. The second kappa shape index (κ2) is 4.18. The molecule has 0 unspecified atom stereocenters. The van der Waals surface area contributed by atoms with Crippen LogP contribution in [0.1, 0.15) is 5.69 Å². The standard InChI is InChI=1S/C13H13N3O2/c17-13(18)9-6-11-12(15-8-14-11)16(7-9)10-4-2-1-3-5-10/h1-5,8-9H,6-7H2,(H,14,15)(H,17,18)/t9-/m0/s1. The van der Waals surface area contributed by atoms with Crippen molar-refractivity contribution in [2.45, 2.75) is 6.42 Å². The highest BCUT2D eigenvalue weighted by Gasteiger charge is 2.31. The van der Waals surface area contributed by atoms with E-state index in [1.54, 1.807) is 6.33 Å². The second-order valence-corrected chi connectivity index (χ2v) is 4.39. The number of para-hydroxylation sites is 1. The largest absolute Gasteiger partial charge is 0.481 e. The number of benzene rings is 1. The topological polar surface area (TPSA) is 69.2 Å². The van der Waals surface area contributed by atoms with E-state index in [-0.39, 0.29) is 0 Å². The number of aromatic amines is 1. The number of nitrogens with zero attached hydrogens (tertiary/aromatic N) is 2. The first-order chi connectivity index (χ1) is 8.75. The van der Waals surface area contributed by atoms with Crippen molar-refractivity contribution in [1.82, 2.24) is 9.97 Å². The summed E-state index contributed by atoms with van der Waals surface area (Å²) in [6.45, 7) is 0.456. The molecule has 1 aliphatic rings. The number of hydrogen-bond donors (Lipinski definition) is 2. The Labute approximate surface area is 104 Å². The Kier molecular flexibility index (Phi) is 2.51. The van der Waals surface area contributed by atoms with Crippen molar-refractivity contribution in [3.63, 3.8) is 0 Å². The summed E-state index contributed by atoms with van der Waals surface area (Å²) in [6.07, 6.45) is 2.12. The minimum Gasteiger partial charge on any atom is -0.481 e. The highest BCUT2D eigenvalue weighted by molar-refractivity contribution is 5.75. The number of fused-ring (bicyclic) bond motifs is 1. The van der Waals surface area contributed by atoms with Crippen LogP contribution in [0.15, 0.2) is 36.7 Å². The van der Waals surface area contributed by atoms with Crippen LogP contribution in [-0.2, 0) is 11.2 Å². The lowest BCUT2D eigenvalue weighted by Crippen LogP contribution is -2.36. The van der Waals surface area contributed by atoms with Crippen LogP contribution in [0, 0.1) is 5.92 Å². The average molecular weight is 243 g/mol. The maximum absolute atomic E-state index is 11.2. The van der Waals surface area contributed by atoms with E-state index in [0.717, 1.165) is 17.2 Å². The molecule has 0 spiro atoms. The molecule has 0 radical (unpaired) electrons. The van der Waals surface area contributed by atoms with Gasteiger partial charge in [0.25, 0.3) is 0 Å². The lowest BCUT2D eigenvalue weighted by Gasteiger charge is -2.31. The van der Waals surface area contributed by atoms with Crippen LogP contribution in [-0.4, -0.2) is 27.6 Å². The van der Waals surface area contributed by atoms with Gasteiger partial charge in [0.1, 0.15) is 0 Å². The molecule has 0 saturated carbocycles. The zero-order chi connectivity index (χ0) is 12.5. The van der Waals surface area contributed by atoms with E-state index in [1.807, 2.05) is 35.2 Å². The zero-order valence-corrected chi connectivity index (χ0v) is 9.71. The molecular formula is C13H13N3O2. The fourth-order valence-electron chi connectivity index (χ4n) is 2.32. The molecule has 18 heavy (non-hydrogen) atoms. The molecule has 2 N–H and O–H groups in total. The molecule has 0 amide bonds. The van der Waals surface area contributed by atoms with Gasteiger partial charge in [0, 0.05) is 18.7 Å². The Morgan fingerprint density at radius 2 is 2.17 bits per heavy atom. The van der Waals surface area contributed by atoms with Crippen LogP contribution in [0.5, 0.6) is 0 Å². The van der Waals surface area contributed by atoms with Gasteiger partial charge in [-0.3, -0.25) is 4.79 Å². The van der Waals surface area contributed by atoms with Crippen molar-refractivity contribution in [1.29, 1.82) is 0 Å². The van der Waals surface area contributed by atoms with E-state index in [2.05, 4.69) is 9.97 Å². The molecule has 5 heteroatoms. The van der Waals surface area contributed by atoms with Crippen LogP contribution in [0.3, 0.4) is 0 Å². The third-order valence-electron chi connectivity index (χ3n) is 3.22. The molecule has 0 bridgehead atoms. The fraction of sp³-hybridized carbons (Fsp3) is 0.231. The smallest absolute Gasteiger partial charge is 0.308 e. The van der Waals surface area contributed by atoms with Crippen LogP contribution in [0.2, 0.25) is 0 Å². The van der Waals surface area contributed by atoms with Crippen LogP contribution >= 0.6 is 0 Å². The third-order valence-corrected chi connectivity index (χ3v) is 3.22. The summed E-state index contributed by atoms with van der Waals surface area (Å²) >= 11 is 0. The van der Waals surface area contributed by atoms with E-state index in [4.69, 9.17) is 0 Å². The van der Waals surface area contributed by atoms with Gasteiger partial charge < -0.3 is 15.0 Å². The number of nitrogens with one attached hydrogen (secondary N) is 1. The molecule has 2 aromatic rings. The number of anilines is 2. The lowest BCUT2D eigenvalue weighted by atomic mass is 9.98. The highest BCUT2D eigenvalue weighted by Crippen LogP contribution is 2.32. The summed E-state index contributed by atoms with van der Waals surface area (Å²) in [7, 11) is 0. The third kappa shape index (κ3) is 1.73. The van der Waals surface area contributed by atoms with Crippen molar-refractivity contribution in [3.8, 4) is 0 Å². The molecule has 0 saturated heterocycles. The molecule has 1 aromatic carbocycles. The molecule has 1 aromatic heterocycles. The van der Waals surface area contributed by atoms with Crippen LogP contribution < -0.4 is 4.90 Å². The van der Waals surface area contributed by atoms with E-state index in [0.29, 0.717) is 13.0 Å². The van der Waals surface area contributed by atoms with Gasteiger partial charge in [-0.2, -0.15) is 0 Å². The van der Waals surface area contributed by atoms with Crippen molar-refractivity contribution in [3.05, 3.63) is 42.4 Å². The number of imidazole rings is 1. The predicted molar refractivity (Wildman–Crippen MR) is 66.9 cm³/mol. The average Bonchev–Trinajstić information content (AvgIpc) is 2.86. The summed E-state index contributed by atoms with van der Waals surface area (Å²) in [5, 5.41) is 9.21. The molecule has 3 rings (SSSR count). The molecule has 0 aliphatic carbocycles. The Hall–Kier alpha value is -2.30. The van der Waals surface area contributed by atoms with Gasteiger partial charge in [-0.05, 0) is 12.1 Å². The monoisotopic (exact) mass is 243 g/mol. The number of aromatic nitrogens is 2. The van der Waals surface area contributed by atoms with Gasteiger partial charge in [-0.1, -0.05) is 18.2 Å². The van der Waals surface area contributed by atoms with Gasteiger partial charge in [-0.15, -0.1) is 0 Å². The van der Waals surface area contributed by atoms with E-state index in [9.17, 15) is 9.90 Å². The Bertz CT molecular complexity index is 565. The summed E-state index contributed by atoms with van der Waals surface area (Å²) in [6, 6.07) is 9.73. The van der Waals surface area contributed by atoms with Crippen LogP contribution in [0.25, 0.3) is 0 Å². The van der Waals surface area contributed by atoms with Crippen LogP contribution in [0.4, 0.5) is 11.5 Å². The van der Waals surface area contributed by atoms with E-state index in [1.165, 1.54) is 0 Å². The van der Waals surface area contributed by atoms with Gasteiger partial charge >= 0.3 is 5.97 Å². The molecule has 2 heterocycles. The van der Waals surface area contributed by atoms with Crippen molar-refractivity contribution in [2.75, 3.05) is 11.4 Å². The fourth-order valence-corrected chi connectivity index (χ4v) is 2.32. The number of carboxylic acids is 1. The first-order valence-electron chi connectivity index (χ1n) is 5.83. The summed E-state index contributed by atoms with van der Waals surface area (Å²) in [4.78, 5) is 20.5. The van der Waals surface area contributed by atoms with E-state index < -0.39 is 11.9 Å². The summed E-state index contributed by atoms with van der Waals surface area (Å²) in [5.41, 5.74) is 1.86. The van der Waals surface area contributed by atoms with Crippen molar-refractivity contribution >= 4 is 17.5 Å². The number of hydrogen-bond acceptors (Lipinski definition) is 3. The molecular weight excluding hydrogens is 230 g/mol. The molecule has 5 nitrogen and oxygen atoms in total. The van der Waals surface area contributed by atoms with Gasteiger partial charge in [-0.25, -0.2) is 4.98 Å². The molecule has 1 aliphatic heterocycles. The SMILES string of the molecule is O=C(O)[C@H]1Cc2[nH]cnc2N(c2ccccc2)C1. The van der Waals surface area contributed by atoms with Crippen molar-refractivity contribution < 1.29 is 9.90 Å². The number of aliphatic carboxylic acids is 1. The van der Waals surface area contributed by atoms with Crippen molar-refractivity contribution in [2.24, 2.45) is 5.92 Å². The zero-order valence-electron chi connectivity index (χ0n) is 9.71. The number of H-pyrrole nitrogens is 1. The maximum Gasteiger partial charge on any atom is 0.308 e. The van der Waals surface area contributed by atoms with Gasteiger partial charge in [0.2, 0.25) is 0 Å². The normalized spacial score (nSPS) is 18.4. The second-order valence-electron chi connectivity index (χ2n) is 4.39. The van der Waals surface area contributed by atoms with E-state index >= 15 is 0 Å². The summed E-state index contributed by atoms with van der Waals surface area (Å²) in [5.74, 6) is -0.340. The van der Waals surface area contributed by atoms with Gasteiger partial charge in [0.15, 0.2) is 5.82 Å². The molecule has 0 fully saturated rings. The lowest BCUT2D eigenvalue weighted by molar-refractivity contribution is -0.141. The molecule has 1 atom stereocenters. The predicted octanol–water partition coefficient (Wildman–Crippen LogP) is 1.80. The minimum absolute atomic E-state index is 0.404. The number of carboxylic acid groups (broad SMARTS) is 1. The Morgan fingerprint density at radius 3 is 2.89 bits per heavy atom. The Balaban J connectivity index is 2.02. The maximum atomic E-state index is 11.2. The summed E-state index contributed by atoms with van der Waals surface area (Å²) < 4.78 is 0. The highest BCUT2D eigenvalue weighted by atomic mass is 16.4. The Morgan fingerprint density at radius 1 is 1.39 bits per heavy atom. The number of rotatable bonds is 2. The number of carbonyl (C=O) groups is 1. The minimum atomic E-state index is -0.767. The van der Waals surface area contributed by atoms with Gasteiger partial charge in [0.05, 0.1) is 17.9 Å².